The summed E-state index contributed by atoms with van der Waals surface area (Å²) in [5, 5.41) is 0. The minimum atomic E-state index is 0.0493. The number of hydrogen-bond acceptors (Lipinski definition) is 1. The lowest BCUT2D eigenvalue weighted by Crippen LogP contribution is -2.12. The third-order valence-electron chi connectivity index (χ3n) is 2.56. The summed E-state index contributed by atoms with van der Waals surface area (Å²) >= 11 is 0. The summed E-state index contributed by atoms with van der Waals surface area (Å²) in [6.45, 7) is 8.24. The fourth-order valence-corrected chi connectivity index (χ4v) is 1.91. The van der Waals surface area contributed by atoms with Crippen molar-refractivity contribution in [2.24, 2.45) is 0 Å². The second-order valence-electron chi connectivity index (χ2n) is 4.03. The van der Waals surface area contributed by atoms with Crippen LogP contribution in [-0.4, -0.2) is 5.78 Å². The number of carbonyl (C=O) groups is 1. The van der Waals surface area contributed by atoms with Gasteiger partial charge in [0.05, 0.1) is 0 Å². The highest BCUT2D eigenvalue weighted by Crippen LogP contribution is 2.37. The Labute approximate surface area is 86.1 Å². The number of benzene rings is 1. The zero-order valence-electron chi connectivity index (χ0n) is 9.42. The average Bonchev–Trinajstić information content (AvgIpc) is 2.42. The highest BCUT2D eigenvalue weighted by molar-refractivity contribution is 6.01. The van der Waals surface area contributed by atoms with Crippen molar-refractivity contribution in [1.29, 1.82) is 0 Å². The van der Waals surface area contributed by atoms with Gasteiger partial charge in [0.25, 0.3) is 0 Å². The molecular weight excluding hydrogens is 172 g/mol. The molecule has 0 aromatic heterocycles. The summed E-state index contributed by atoms with van der Waals surface area (Å²) in [7, 11) is 0. The topological polar surface area (TPSA) is 17.1 Å². The van der Waals surface area contributed by atoms with Gasteiger partial charge in [-0.1, -0.05) is 52.0 Å². The van der Waals surface area contributed by atoms with Gasteiger partial charge in [0.15, 0.2) is 5.78 Å². The lowest BCUT2D eigenvalue weighted by Gasteiger charge is -2.16. The molecule has 76 valence electrons. The Kier molecular flexibility index (Phi) is 3.10. The van der Waals surface area contributed by atoms with Crippen LogP contribution < -0.4 is 0 Å². The van der Waals surface area contributed by atoms with Gasteiger partial charge in [0.1, 0.15) is 0 Å². The first-order valence-electron chi connectivity index (χ1n) is 5.24. The SMILES string of the molecule is CC.CC1(C)CC(=O)c2ccccc21. The Morgan fingerprint density at radius 3 is 2.29 bits per heavy atom. The molecule has 0 heterocycles. The van der Waals surface area contributed by atoms with E-state index < -0.39 is 0 Å². The maximum Gasteiger partial charge on any atom is 0.164 e. The molecule has 1 heteroatoms. The maximum absolute atomic E-state index is 11.5. The van der Waals surface area contributed by atoms with Gasteiger partial charge in [-0.05, 0) is 11.0 Å². The lowest BCUT2D eigenvalue weighted by molar-refractivity contribution is 0.0979. The molecule has 0 saturated carbocycles. The first-order chi connectivity index (χ1) is 6.61. The normalized spacial score (nSPS) is 17.0. The summed E-state index contributed by atoms with van der Waals surface area (Å²) in [5.74, 6) is 0.288. The Morgan fingerprint density at radius 1 is 1.14 bits per heavy atom. The van der Waals surface area contributed by atoms with Crippen molar-refractivity contribution in [3.05, 3.63) is 35.4 Å². The molecule has 1 aliphatic rings. The van der Waals surface area contributed by atoms with E-state index in [1.54, 1.807) is 0 Å². The molecule has 14 heavy (non-hydrogen) atoms. The number of ketones is 1. The van der Waals surface area contributed by atoms with Gasteiger partial charge >= 0.3 is 0 Å². The fourth-order valence-electron chi connectivity index (χ4n) is 1.91. The van der Waals surface area contributed by atoms with Crippen molar-refractivity contribution in [2.45, 2.75) is 39.5 Å². The van der Waals surface area contributed by atoms with Gasteiger partial charge in [-0.15, -0.1) is 0 Å². The molecule has 0 fully saturated rings. The molecule has 0 bridgehead atoms. The van der Waals surface area contributed by atoms with E-state index in [-0.39, 0.29) is 11.2 Å². The molecule has 0 unspecified atom stereocenters. The van der Waals surface area contributed by atoms with Crippen LogP contribution in [0.3, 0.4) is 0 Å². The molecule has 0 atom stereocenters. The standard InChI is InChI=1S/C11H12O.C2H6/c1-11(2)7-10(12)8-5-3-4-6-9(8)11;1-2/h3-6H,7H2,1-2H3;1-2H3. The zero-order chi connectivity index (χ0) is 10.8. The maximum atomic E-state index is 11.5. The molecule has 0 amide bonds. The van der Waals surface area contributed by atoms with E-state index in [2.05, 4.69) is 19.9 Å². The molecule has 0 spiro atoms. The predicted octanol–water partition coefficient (Wildman–Crippen LogP) is 3.58. The molecule has 0 saturated heterocycles. The van der Waals surface area contributed by atoms with Crippen LogP contribution in [0.1, 0.15) is 50.0 Å². The van der Waals surface area contributed by atoms with Crippen molar-refractivity contribution in [1.82, 2.24) is 0 Å². The summed E-state index contributed by atoms with van der Waals surface area (Å²) < 4.78 is 0. The molecule has 1 nitrogen and oxygen atoms in total. The second kappa shape index (κ2) is 3.95. The number of fused-ring (bicyclic) bond motifs is 1. The van der Waals surface area contributed by atoms with Crippen LogP contribution in [0, 0.1) is 0 Å². The molecule has 2 rings (SSSR count). The van der Waals surface area contributed by atoms with Gasteiger partial charge in [-0.3, -0.25) is 4.79 Å². The summed E-state index contributed by atoms with van der Waals surface area (Å²) in [5.41, 5.74) is 2.17. The lowest BCUT2D eigenvalue weighted by atomic mass is 9.87. The third-order valence-corrected chi connectivity index (χ3v) is 2.56. The van der Waals surface area contributed by atoms with E-state index in [0.29, 0.717) is 6.42 Å². The highest BCUT2D eigenvalue weighted by Gasteiger charge is 2.34. The average molecular weight is 190 g/mol. The zero-order valence-corrected chi connectivity index (χ0v) is 9.42. The Hall–Kier alpha value is -1.11. The third kappa shape index (κ3) is 1.72. The van der Waals surface area contributed by atoms with E-state index >= 15 is 0 Å². The second-order valence-corrected chi connectivity index (χ2v) is 4.03. The van der Waals surface area contributed by atoms with Crippen LogP contribution in [0.2, 0.25) is 0 Å². The van der Waals surface area contributed by atoms with Crippen molar-refractivity contribution in [3.8, 4) is 0 Å². The van der Waals surface area contributed by atoms with Crippen molar-refractivity contribution < 1.29 is 4.79 Å². The summed E-state index contributed by atoms with van der Waals surface area (Å²) in [6, 6.07) is 7.91. The van der Waals surface area contributed by atoms with E-state index in [9.17, 15) is 4.79 Å². The van der Waals surface area contributed by atoms with Gasteiger partial charge in [0, 0.05) is 12.0 Å². The fraction of sp³-hybridized carbons (Fsp3) is 0.462. The van der Waals surface area contributed by atoms with Crippen molar-refractivity contribution in [2.75, 3.05) is 0 Å². The first-order valence-corrected chi connectivity index (χ1v) is 5.24. The van der Waals surface area contributed by atoms with Gasteiger partial charge in [-0.25, -0.2) is 0 Å². The van der Waals surface area contributed by atoms with Crippen LogP contribution >= 0.6 is 0 Å². The Bertz CT molecular complexity index is 337. The largest absolute Gasteiger partial charge is 0.294 e. The van der Waals surface area contributed by atoms with Crippen LogP contribution in [0.15, 0.2) is 24.3 Å². The number of carbonyl (C=O) groups excluding carboxylic acids is 1. The van der Waals surface area contributed by atoms with Crippen LogP contribution in [0.25, 0.3) is 0 Å². The number of Topliss-reactive ketones (excluding diaryl/α,β-unsaturated/α-hetero) is 1. The first kappa shape index (κ1) is 11.0. The molecule has 1 aromatic rings. The molecule has 0 radical (unpaired) electrons. The van der Waals surface area contributed by atoms with Crippen molar-refractivity contribution >= 4 is 5.78 Å². The van der Waals surface area contributed by atoms with E-state index in [4.69, 9.17) is 0 Å². The van der Waals surface area contributed by atoms with Gasteiger partial charge < -0.3 is 0 Å². The predicted molar refractivity (Wildman–Crippen MR) is 59.8 cm³/mol. The molecule has 0 aliphatic heterocycles. The Morgan fingerprint density at radius 2 is 1.71 bits per heavy atom. The smallest absolute Gasteiger partial charge is 0.164 e. The quantitative estimate of drug-likeness (QED) is 0.611. The van der Waals surface area contributed by atoms with Crippen LogP contribution in [0.4, 0.5) is 0 Å². The van der Waals surface area contributed by atoms with Crippen molar-refractivity contribution in [3.63, 3.8) is 0 Å². The van der Waals surface area contributed by atoms with Crippen LogP contribution in [0.5, 0.6) is 0 Å². The minimum absolute atomic E-state index is 0.0493. The van der Waals surface area contributed by atoms with E-state index in [0.717, 1.165) is 5.56 Å². The number of hydrogen-bond donors (Lipinski definition) is 0. The highest BCUT2D eigenvalue weighted by atomic mass is 16.1. The van der Waals surface area contributed by atoms with Gasteiger partial charge in [0.2, 0.25) is 0 Å². The van der Waals surface area contributed by atoms with Gasteiger partial charge in [-0.2, -0.15) is 0 Å². The molecule has 1 aromatic carbocycles. The number of rotatable bonds is 0. The molecule has 1 aliphatic carbocycles. The monoisotopic (exact) mass is 190 g/mol. The molecule has 0 N–H and O–H groups in total. The summed E-state index contributed by atoms with van der Waals surface area (Å²) in [6.07, 6.45) is 0.659. The van der Waals surface area contributed by atoms with E-state index in [1.165, 1.54) is 5.56 Å². The van der Waals surface area contributed by atoms with Crippen LogP contribution in [-0.2, 0) is 5.41 Å². The molecular formula is C13H18O. The van der Waals surface area contributed by atoms with E-state index in [1.807, 2.05) is 32.0 Å². The minimum Gasteiger partial charge on any atom is -0.294 e. The summed E-state index contributed by atoms with van der Waals surface area (Å²) in [4.78, 5) is 11.5. The Balaban J connectivity index is 0.000000461.